The zero-order valence-corrected chi connectivity index (χ0v) is 31.0. The molecule has 7 rings (SSSR count). The number of aryl methyl sites for hydroxylation is 2. The first-order chi connectivity index (χ1) is 26.0. The highest BCUT2D eigenvalue weighted by Gasteiger charge is 2.55. The molecule has 0 bridgehead atoms. The van der Waals surface area contributed by atoms with E-state index in [2.05, 4.69) is 0 Å². The van der Waals surface area contributed by atoms with E-state index in [1.807, 2.05) is 26.0 Å². The molecule has 14 heteroatoms. The van der Waals surface area contributed by atoms with Gasteiger partial charge < -0.3 is 23.8 Å². The maximum absolute atomic E-state index is 13.9. The second-order valence-corrected chi connectivity index (χ2v) is 14.4. The van der Waals surface area contributed by atoms with Crippen molar-refractivity contribution in [2.45, 2.75) is 48.2 Å². The molecule has 0 N–H and O–H groups in total. The van der Waals surface area contributed by atoms with Gasteiger partial charge in [-0.05, 0) is 73.5 Å². The Labute approximate surface area is 323 Å². The maximum Gasteiger partial charge on any atom is 0.338 e. The molecule has 1 fully saturated rings. The van der Waals surface area contributed by atoms with E-state index in [0.29, 0.717) is 15.5 Å². The highest BCUT2D eigenvalue weighted by molar-refractivity contribution is 7.99. The van der Waals surface area contributed by atoms with Crippen LogP contribution in [0.3, 0.4) is 0 Å². The summed E-state index contributed by atoms with van der Waals surface area (Å²) < 4.78 is 24.7. The Morgan fingerprint density at radius 3 is 1.89 bits per heavy atom. The van der Waals surface area contributed by atoms with Crippen molar-refractivity contribution in [3.8, 4) is 0 Å². The van der Waals surface area contributed by atoms with Crippen molar-refractivity contribution in [3.05, 3.63) is 157 Å². The molecule has 2 aliphatic heterocycles. The first-order valence-electron chi connectivity index (χ1n) is 16.7. The lowest BCUT2D eigenvalue weighted by Gasteiger charge is -2.39. The molecule has 54 heavy (non-hydrogen) atoms. The summed E-state index contributed by atoms with van der Waals surface area (Å²) in [7, 11) is 0. The Morgan fingerprint density at radius 1 is 0.796 bits per heavy atom. The maximum atomic E-state index is 13.9. The van der Waals surface area contributed by atoms with E-state index in [-0.39, 0.29) is 32.4 Å². The largest absolute Gasteiger partial charge is 0.459 e. The first kappa shape index (κ1) is 36.9. The summed E-state index contributed by atoms with van der Waals surface area (Å²) in [5.41, 5.74) is 2.30. The molecule has 0 saturated carbocycles. The van der Waals surface area contributed by atoms with Crippen LogP contribution in [0.15, 0.2) is 119 Å². The van der Waals surface area contributed by atoms with Crippen LogP contribution in [0.25, 0.3) is 0 Å². The van der Waals surface area contributed by atoms with Crippen LogP contribution in [-0.4, -0.2) is 54.0 Å². The van der Waals surface area contributed by atoms with E-state index >= 15 is 0 Å². The van der Waals surface area contributed by atoms with Crippen LogP contribution in [0, 0.1) is 24.0 Å². The summed E-state index contributed by atoms with van der Waals surface area (Å²) in [4.78, 5) is 55.6. The van der Waals surface area contributed by atoms with Crippen LogP contribution < -0.4 is 4.90 Å². The monoisotopic (exact) mass is 784 g/mol. The van der Waals surface area contributed by atoms with Crippen molar-refractivity contribution < 1.29 is 38.3 Å². The number of fused-ring (bicyclic) bond motifs is 2. The lowest BCUT2D eigenvalue weighted by atomic mass is 10.0. The predicted molar refractivity (Wildman–Crippen MR) is 202 cm³/mol. The van der Waals surface area contributed by atoms with E-state index in [1.54, 1.807) is 91.0 Å². The van der Waals surface area contributed by atoms with E-state index in [9.17, 15) is 24.5 Å². The number of rotatable bonds is 9. The number of halogens is 2. The summed E-state index contributed by atoms with van der Waals surface area (Å²) in [5, 5.41) is 12.5. The SMILES string of the molecule is Cc1cc(C)c2c(c1)N([C@@H]1O[C@H](COC(=O)c3ccccc3)[C@@H](OC(=O)c3ccccc3)[C@H]1OC(=O)c1ccccc1)c1c(cc(Cl)c(Cl)c1[N+](=O)[O-])S2. The standard InChI is InChI=1S/C40H30Cl2N2O9S/c1-22-18-23(2)36-28(19-22)43(32-30(54-36)20-27(41)31(42)33(32)44(48)49)37-35(53-40(47)26-16-10-5-11-17-26)34(52-39(46)25-14-8-4-9-15-25)29(51-37)21-50-38(45)24-12-6-3-7-13-24/h3-20,29,34-35,37H,21H2,1-2H3/t29-,34-,35-,37-/m1/s1. The Hall–Kier alpha value is -5.40. The molecule has 0 radical (unpaired) electrons. The van der Waals surface area contributed by atoms with Crippen LogP contribution in [0.2, 0.25) is 10.0 Å². The van der Waals surface area contributed by atoms with E-state index in [0.717, 1.165) is 11.1 Å². The topological polar surface area (TPSA) is 135 Å². The molecule has 5 aromatic carbocycles. The molecule has 11 nitrogen and oxygen atoms in total. The highest BCUT2D eigenvalue weighted by Crippen LogP contribution is 2.58. The summed E-state index contributed by atoms with van der Waals surface area (Å²) in [6.07, 6.45) is -5.49. The fourth-order valence-corrected chi connectivity index (χ4v) is 8.11. The summed E-state index contributed by atoms with van der Waals surface area (Å²) in [6, 6.07) is 29.9. The van der Waals surface area contributed by atoms with Gasteiger partial charge in [0.25, 0.3) is 0 Å². The van der Waals surface area contributed by atoms with Crippen LogP contribution in [0.5, 0.6) is 0 Å². The molecule has 274 valence electrons. The lowest BCUT2D eigenvalue weighted by Crippen LogP contribution is -2.47. The summed E-state index contributed by atoms with van der Waals surface area (Å²) in [5.74, 6) is -2.23. The third-order valence-corrected chi connectivity index (χ3v) is 10.9. The molecule has 4 atom stereocenters. The highest BCUT2D eigenvalue weighted by atomic mass is 35.5. The molecule has 5 aromatic rings. The van der Waals surface area contributed by atoms with Gasteiger partial charge in [-0.1, -0.05) is 95.6 Å². The number of nitro benzene ring substituents is 1. The Balaban J connectivity index is 1.40. The van der Waals surface area contributed by atoms with Gasteiger partial charge in [-0.2, -0.15) is 0 Å². The van der Waals surface area contributed by atoms with E-state index < -0.39 is 59.7 Å². The third-order valence-electron chi connectivity index (χ3n) is 8.86. The van der Waals surface area contributed by atoms with Crippen molar-refractivity contribution in [2.24, 2.45) is 0 Å². The van der Waals surface area contributed by atoms with Crippen LogP contribution in [0.1, 0.15) is 42.2 Å². The minimum absolute atomic E-state index is 0.0257. The van der Waals surface area contributed by atoms with Gasteiger partial charge in [0, 0.05) is 9.79 Å². The normalized spacial score (nSPS) is 18.6. The minimum Gasteiger partial charge on any atom is -0.459 e. The van der Waals surface area contributed by atoms with E-state index in [1.165, 1.54) is 22.7 Å². The lowest BCUT2D eigenvalue weighted by molar-refractivity contribution is -0.384. The van der Waals surface area contributed by atoms with Gasteiger partial charge in [-0.15, -0.1) is 0 Å². The van der Waals surface area contributed by atoms with Crippen molar-refractivity contribution in [1.82, 2.24) is 0 Å². The van der Waals surface area contributed by atoms with Gasteiger partial charge in [0.2, 0.25) is 0 Å². The predicted octanol–water partition coefficient (Wildman–Crippen LogP) is 9.15. The molecule has 2 heterocycles. The van der Waals surface area contributed by atoms with Crippen molar-refractivity contribution in [3.63, 3.8) is 0 Å². The summed E-state index contributed by atoms with van der Waals surface area (Å²) >= 11 is 14.3. The number of carbonyl (C=O) groups is 3. The number of nitrogens with zero attached hydrogens (tertiary/aromatic N) is 2. The van der Waals surface area contributed by atoms with Crippen LogP contribution in [-0.2, 0) is 18.9 Å². The van der Waals surface area contributed by atoms with Crippen LogP contribution in [0.4, 0.5) is 17.1 Å². The fourth-order valence-electron chi connectivity index (χ4n) is 6.46. The van der Waals surface area contributed by atoms with Crippen molar-refractivity contribution in [1.29, 1.82) is 0 Å². The minimum atomic E-state index is -1.45. The van der Waals surface area contributed by atoms with Gasteiger partial charge in [0.05, 0.1) is 32.3 Å². The van der Waals surface area contributed by atoms with Crippen molar-refractivity contribution in [2.75, 3.05) is 11.5 Å². The Kier molecular flexibility index (Phi) is 10.6. The number of esters is 3. The molecular weight excluding hydrogens is 755 g/mol. The smallest absolute Gasteiger partial charge is 0.338 e. The van der Waals surface area contributed by atoms with Crippen molar-refractivity contribution >= 4 is 69.9 Å². The number of nitro groups is 1. The number of carbonyl (C=O) groups excluding carboxylic acids is 3. The number of benzene rings is 5. The zero-order valence-electron chi connectivity index (χ0n) is 28.6. The number of ether oxygens (including phenoxy) is 4. The molecule has 1 saturated heterocycles. The molecule has 0 amide bonds. The average Bonchev–Trinajstić information content (AvgIpc) is 3.49. The zero-order chi connectivity index (χ0) is 38.1. The summed E-state index contributed by atoms with van der Waals surface area (Å²) in [6.45, 7) is 3.31. The van der Waals surface area contributed by atoms with Crippen LogP contribution >= 0.6 is 35.0 Å². The fraction of sp³-hybridized carbons (Fsp3) is 0.175. The number of hydrogen-bond acceptors (Lipinski definition) is 11. The molecular formula is C40H30Cl2N2O9S. The van der Waals surface area contributed by atoms with Gasteiger partial charge in [0.15, 0.2) is 18.4 Å². The second-order valence-electron chi connectivity index (χ2n) is 12.5. The van der Waals surface area contributed by atoms with Gasteiger partial charge in [-0.3, -0.25) is 10.1 Å². The molecule has 0 aromatic heterocycles. The molecule has 2 aliphatic rings. The molecule has 0 unspecified atom stereocenters. The first-order valence-corrected chi connectivity index (χ1v) is 18.2. The Morgan fingerprint density at radius 2 is 1.33 bits per heavy atom. The second kappa shape index (κ2) is 15.5. The Bertz CT molecular complexity index is 2260. The van der Waals surface area contributed by atoms with Gasteiger partial charge >= 0.3 is 23.6 Å². The molecule has 0 spiro atoms. The number of anilines is 2. The van der Waals surface area contributed by atoms with Gasteiger partial charge in [0.1, 0.15) is 23.4 Å². The number of hydrogen-bond donors (Lipinski definition) is 0. The van der Waals surface area contributed by atoms with E-state index in [4.69, 9.17) is 42.1 Å². The quantitative estimate of drug-likeness (QED) is 0.0613. The average molecular weight is 786 g/mol. The third kappa shape index (κ3) is 7.25. The van der Waals surface area contributed by atoms with Gasteiger partial charge in [-0.25, -0.2) is 14.4 Å². The molecule has 0 aliphatic carbocycles.